The van der Waals surface area contributed by atoms with Gasteiger partial charge in [0.05, 0.1) is 0 Å². The maximum atomic E-state index is 12.0. The fourth-order valence-electron chi connectivity index (χ4n) is 2.34. The van der Waals surface area contributed by atoms with E-state index in [0.29, 0.717) is 5.75 Å². The molecule has 1 N–H and O–H groups in total. The minimum absolute atomic E-state index is 0.235. The molecule has 0 aliphatic carbocycles. The number of para-hydroxylation sites is 2. The Kier molecular flexibility index (Phi) is 6.57. The number of hydrogen-bond acceptors (Lipinski definition) is 4. The Morgan fingerprint density at radius 1 is 1.00 bits per heavy atom. The van der Waals surface area contributed by atoms with E-state index in [9.17, 15) is 9.59 Å². The van der Waals surface area contributed by atoms with E-state index in [1.54, 1.807) is 6.07 Å². The van der Waals surface area contributed by atoms with Gasteiger partial charge in [0.1, 0.15) is 5.75 Å². The number of rotatable bonds is 7. The lowest BCUT2D eigenvalue weighted by molar-refractivity contribution is -0.149. The summed E-state index contributed by atoms with van der Waals surface area (Å²) in [4.78, 5) is 23.7. The van der Waals surface area contributed by atoms with Crippen molar-refractivity contribution in [3.05, 3.63) is 59.7 Å². The molecule has 0 aromatic heterocycles. The molecule has 0 aliphatic rings. The Morgan fingerprint density at radius 2 is 1.68 bits per heavy atom. The molecule has 132 valence electrons. The van der Waals surface area contributed by atoms with Gasteiger partial charge in [-0.3, -0.25) is 4.79 Å². The zero-order valence-corrected chi connectivity index (χ0v) is 14.7. The van der Waals surface area contributed by atoms with Crippen LogP contribution in [0.4, 0.5) is 5.69 Å². The summed E-state index contributed by atoms with van der Waals surface area (Å²) in [6.07, 6.45) is 0. The molecule has 25 heavy (non-hydrogen) atoms. The third-order valence-corrected chi connectivity index (χ3v) is 3.66. The number of nitrogens with one attached hydrogen (secondary N) is 1. The first-order valence-electron chi connectivity index (χ1n) is 8.20. The second-order valence-corrected chi connectivity index (χ2v) is 6.00. The van der Waals surface area contributed by atoms with Gasteiger partial charge in [-0.15, -0.1) is 0 Å². The molecule has 2 rings (SSSR count). The lowest BCUT2D eigenvalue weighted by atomic mass is 10.0. The highest BCUT2D eigenvalue weighted by atomic mass is 16.6. The largest absolute Gasteiger partial charge is 0.482 e. The zero-order chi connectivity index (χ0) is 18.2. The van der Waals surface area contributed by atoms with Crippen molar-refractivity contribution in [3.63, 3.8) is 0 Å². The van der Waals surface area contributed by atoms with Crippen molar-refractivity contribution in [1.82, 2.24) is 0 Å². The van der Waals surface area contributed by atoms with E-state index in [-0.39, 0.29) is 25.0 Å². The van der Waals surface area contributed by atoms with Crippen LogP contribution in [0.1, 0.15) is 30.9 Å². The predicted molar refractivity (Wildman–Crippen MR) is 96.8 cm³/mol. The molecule has 1 amide bonds. The van der Waals surface area contributed by atoms with Gasteiger partial charge >= 0.3 is 5.97 Å². The van der Waals surface area contributed by atoms with E-state index >= 15 is 0 Å². The lowest BCUT2D eigenvalue weighted by Crippen LogP contribution is -2.24. The second-order valence-electron chi connectivity index (χ2n) is 6.00. The molecule has 2 aromatic carbocycles. The van der Waals surface area contributed by atoms with E-state index in [1.165, 1.54) is 0 Å². The van der Waals surface area contributed by atoms with Crippen LogP contribution in [0, 0.1) is 6.92 Å². The van der Waals surface area contributed by atoms with Crippen molar-refractivity contribution >= 4 is 17.6 Å². The van der Waals surface area contributed by atoms with Gasteiger partial charge in [-0.25, -0.2) is 4.79 Å². The molecule has 2 aromatic rings. The summed E-state index contributed by atoms with van der Waals surface area (Å²) < 4.78 is 10.4. The fourth-order valence-corrected chi connectivity index (χ4v) is 2.34. The molecule has 5 nitrogen and oxygen atoms in total. The predicted octanol–water partition coefficient (Wildman–Crippen LogP) is 3.68. The second kappa shape index (κ2) is 8.87. The Morgan fingerprint density at radius 3 is 2.40 bits per heavy atom. The normalized spacial score (nSPS) is 10.4. The Balaban J connectivity index is 1.80. The van der Waals surface area contributed by atoms with E-state index < -0.39 is 5.97 Å². The van der Waals surface area contributed by atoms with Crippen LogP contribution < -0.4 is 10.1 Å². The molecule has 0 bridgehead atoms. The van der Waals surface area contributed by atoms with Crippen LogP contribution in [0.3, 0.4) is 0 Å². The SMILES string of the molecule is Cc1ccccc1OCC(=O)OCC(=O)Nc1ccccc1C(C)C. The topological polar surface area (TPSA) is 64.6 Å². The Labute approximate surface area is 148 Å². The molecule has 0 radical (unpaired) electrons. The first-order valence-corrected chi connectivity index (χ1v) is 8.20. The number of carbonyl (C=O) groups excluding carboxylic acids is 2. The molecule has 0 unspecified atom stereocenters. The van der Waals surface area contributed by atoms with Crippen molar-refractivity contribution in [1.29, 1.82) is 0 Å². The lowest BCUT2D eigenvalue weighted by Gasteiger charge is -2.13. The van der Waals surface area contributed by atoms with Crippen LogP contribution in [-0.2, 0) is 14.3 Å². The van der Waals surface area contributed by atoms with Gasteiger partial charge in [-0.05, 0) is 36.1 Å². The maximum Gasteiger partial charge on any atom is 0.344 e. The van der Waals surface area contributed by atoms with Crippen LogP contribution in [-0.4, -0.2) is 25.1 Å². The van der Waals surface area contributed by atoms with Gasteiger partial charge in [-0.1, -0.05) is 50.2 Å². The molecule has 0 fully saturated rings. The summed E-state index contributed by atoms with van der Waals surface area (Å²) in [7, 11) is 0. The molecule has 0 heterocycles. The average Bonchev–Trinajstić information content (AvgIpc) is 2.59. The fraction of sp³-hybridized carbons (Fsp3) is 0.300. The van der Waals surface area contributed by atoms with Crippen LogP contribution >= 0.6 is 0 Å². The van der Waals surface area contributed by atoms with E-state index in [2.05, 4.69) is 5.32 Å². The quantitative estimate of drug-likeness (QED) is 0.780. The number of hydrogen-bond donors (Lipinski definition) is 1. The van der Waals surface area contributed by atoms with Crippen molar-refractivity contribution in [2.24, 2.45) is 0 Å². The van der Waals surface area contributed by atoms with Crippen molar-refractivity contribution in [2.75, 3.05) is 18.5 Å². The minimum Gasteiger partial charge on any atom is -0.482 e. The molecular weight excluding hydrogens is 318 g/mol. The van der Waals surface area contributed by atoms with E-state index in [4.69, 9.17) is 9.47 Å². The first-order chi connectivity index (χ1) is 12.0. The van der Waals surface area contributed by atoms with Crippen LogP contribution in [0.2, 0.25) is 0 Å². The standard InChI is InChI=1S/C20H23NO4/c1-14(2)16-9-5-6-10-17(16)21-19(22)12-25-20(23)13-24-18-11-7-4-8-15(18)3/h4-11,14H,12-13H2,1-3H3,(H,21,22). The number of carbonyl (C=O) groups is 2. The van der Waals surface area contributed by atoms with Gasteiger partial charge in [0.15, 0.2) is 13.2 Å². The highest BCUT2D eigenvalue weighted by Gasteiger charge is 2.12. The third kappa shape index (κ3) is 5.64. The smallest absolute Gasteiger partial charge is 0.344 e. The van der Waals surface area contributed by atoms with Crippen molar-refractivity contribution in [3.8, 4) is 5.75 Å². The summed E-state index contributed by atoms with van der Waals surface area (Å²) in [5.74, 6) is -0.0655. The van der Waals surface area contributed by atoms with Crippen molar-refractivity contribution in [2.45, 2.75) is 26.7 Å². The summed E-state index contributed by atoms with van der Waals surface area (Å²) in [5.41, 5.74) is 2.69. The number of amides is 1. The van der Waals surface area contributed by atoms with Gasteiger partial charge < -0.3 is 14.8 Å². The van der Waals surface area contributed by atoms with Crippen LogP contribution in [0.5, 0.6) is 5.75 Å². The summed E-state index contributed by atoms with van der Waals surface area (Å²) >= 11 is 0. The zero-order valence-electron chi connectivity index (χ0n) is 14.7. The molecule has 5 heteroatoms. The van der Waals surface area contributed by atoms with Gasteiger partial charge in [0, 0.05) is 5.69 Å². The minimum atomic E-state index is -0.587. The van der Waals surface area contributed by atoms with Gasteiger partial charge in [0.25, 0.3) is 5.91 Å². The summed E-state index contributed by atoms with van der Waals surface area (Å²) in [6.45, 7) is 5.41. The number of ether oxygens (including phenoxy) is 2. The first kappa shape index (κ1) is 18.5. The van der Waals surface area contributed by atoms with E-state index in [1.807, 2.05) is 63.2 Å². The number of benzene rings is 2. The molecular formula is C20H23NO4. The van der Waals surface area contributed by atoms with Crippen LogP contribution in [0.15, 0.2) is 48.5 Å². The average molecular weight is 341 g/mol. The number of aryl methyl sites for hydroxylation is 1. The molecule has 0 aliphatic heterocycles. The number of esters is 1. The van der Waals surface area contributed by atoms with E-state index in [0.717, 1.165) is 16.8 Å². The monoisotopic (exact) mass is 341 g/mol. The van der Waals surface area contributed by atoms with Crippen LogP contribution in [0.25, 0.3) is 0 Å². The maximum absolute atomic E-state index is 12.0. The molecule has 0 saturated heterocycles. The third-order valence-electron chi connectivity index (χ3n) is 3.66. The molecule has 0 atom stereocenters. The summed E-state index contributed by atoms with van der Waals surface area (Å²) in [6, 6.07) is 14.9. The molecule has 0 spiro atoms. The molecule has 0 saturated carbocycles. The van der Waals surface area contributed by atoms with Gasteiger partial charge in [-0.2, -0.15) is 0 Å². The highest BCUT2D eigenvalue weighted by molar-refractivity contribution is 5.93. The van der Waals surface area contributed by atoms with Gasteiger partial charge in [0.2, 0.25) is 0 Å². The van der Waals surface area contributed by atoms with Crippen molar-refractivity contribution < 1.29 is 19.1 Å². The Hall–Kier alpha value is -2.82. The summed E-state index contributed by atoms with van der Waals surface area (Å²) in [5, 5.41) is 2.77. The number of anilines is 1. The highest BCUT2D eigenvalue weighted by Crippen LogP contribution is 2.23. The Bertz CT molecular complexity index is 740.